The highest BCUT2D eigenvalue weighted by atomic mass is 31.3. The van der Waals surface area contributed by atoms with Gasteiger partial charge in [-0.3, -0.25) is 4.52 Å². The lowest BCUT2D eigenvalue weighted by molar-refractivity contribution is 0.168. The van der Waals surface area contributed by atoms with Crippen molar-refractivity contribution in [3.05, 3.63) is 12.7 Å². The fourth-order valence-electron chi connectivity index (χ4n) is 0.438. The van der Waals surface area contributed by atoms with Crippen LogP contribution in [0.4, 0.5) is 0 Å². The number of phosphoric ester groups is 1. The van der Waals surface area contributed by atoms with Gasteiger partial charge in [0, 0.05) is 0 Å². The van der Waals surface area contributed by atoms with Gasteiger partial charge in [-0.25, -0.2) is 9.13 Å². The summed E-state index contributed by atoms with van der Waals surface area (Å²) in [6, 6.07) is 0. The molecule has 0 rings (SSSR count). The molecule has 3 N–H and O–H groups in total. The smallest absolute Gasteiger partial charge is 0.302 e. The zero-order valence-electron chi connectivity index (χ0n) is 7.44. The van der Waals surface area contributed by atoms with Gasteiger partial charge in [0.1, 0.15) is 0 Å². The summed E-state index contributed by atoms with van der Waals surface area (Å²) in [5, 5.41) is 0. The van der Waals surface area contributed by atoms with E-state index in [0.717, 1.165) is 0 Å². The standard InChI is InChI=1S/C5H12O7P2/c1-3-5(2)4-11-14(9,10)12-13(6,7)8/h3,5H,1,4H2,2H3,(H,9,10)(H2,6,7,8). The van der Waals surface area contributed by atoms with Crippen molar-refractivity contribution in [3.8, 4) is 0 Å². The Labute approximate surface area is 81.2 Å². The summed E-state index contributed by atoms with van der Waals surface area (Å²) in [5.74, 6) is -0.226. The third-order valence-corrected chi connectivity index (χ3v) is 3.26. The number of hydrogen-bond acceptors (Lipinski definition) is 4. The SMILES string of the molecule is C=CC(C)COP(=O)(O)OP(=O)(O)O. The van der Waals surface area contributed by atoms with E-state index in [2.05, 4.69) is 15.4 Å². The molecule has 0 aliphatic rings. The van der Waals surface area contributed by atoms with Crippen LogP contribution in [-0.4, -0.2) is 21.3 Å². The molecule has 0 fully saturated rings. The quantitative estimate of drug-likeness (QED) is 0.473. The van der Waals surface area contributed by atoms with Gasteiger partial charge in [0.15, 0.2) is 0 Å². The van der Waals surface area contributed by atoms with Crippen LogP contribution in [0.25, 0.3) is 0 Å². The molecule has 0 amide bonds. The van der Waals surface area contributed by atoms with Gasteiger partial charge in [0.2, 0.25) is 0 Å². The molecule has 2 atom stereocenters. The van der Waals surface area contributed by atoms with Crippen LogP contribution in [0.5, 0.6) is 0 Å². The van der Waals surface area contributed by atoms with Crippen LogP contribution in [0.3, 0.4) is 0 Å². The molecule has 14 heavy (non-hydrogen) atoms. The van der Waals surface area contributed by atoms with Crippen molar-refractivity contribution in [1.29, 1.82) is 0 Å². The molecule has 0 spiro atoms. The number of hydrogen-bond donors (Lipinski definition) is 3. The van der Waals surface area contributed by atoms with E-state index in [0.29, 0.717) is 0 Å². The van der Waals surface area contributed by atoms with Crippen LogP contribution in [-0.2, 0) is 18.0 Å². The lowest BCUT2D eigenvalue weighted by Gasteiger charge is -2.13. The van der Waals surface area contributed by atoms with E-state index in [9.17, 15) is 9.13 Å². The highest BCUT2D eigenvalue weighted by Crippen LogP contribution is 2.57. The Morgan fingerprint density at radius 1 is 1.43 bits per heavy atom. The maximum atomic E-state index is 10.8. The van der Waals surface area contributed by atoms with Crippen molar-refractivity contribution >= 4 is 15.6 Å². The van der Waals surface area contributed by atoms with Gasteiger partial charge >= 0.3 is 15.6 Å². The fraction of sp³-hybridized carbons (Fsp3) is 0.600. The Bertz CT molecular complexity index is 282. The molecule has 7 nitrogen and oxygen atoms in total. The van der Waals surface area contributed by atoms with Gasteiger partial charge in [-0.2, -0.15) is 4.31 Å². The fourth-order valence-corrected chi connectivity index (χ4v) is 2.13. The minimum absolute atomic E-state index is 0.211. The van der Waals surface area contributed by atoms with Crippen LogP contribution in [0.1, 0.15) is 6.92 Å². The van der Waals surface area contributed by atoms with Crippen LogP contribution in [0.2, 0.25) is 0 Å². The molecule has 9 heteroatoms. The number of phosphoric acid groups is 2. The average Bonchev–Trinajstić information content (AvgIpc) is 1.96. The van der Waals surface area contributed by atoms with Crippen LogP contribution in [0.15, 0.2) is 12.7 Å². The first-order valence-corrected chi connectivity index (χ1v) is 6.55. The van der Waals surface area contributed by atoms with Gasteiger partial charge in [0.25, 0.3) is 0 Å². The molecule has 0 saturated heterocycles. The maximum absolute atomic E-state index is 10.8. The zero-order chi connectivity index (χ0) is 11.4. The second-order valence-corrected chi connectivity index (χ2v) is 5.38. The van der Waals surface area contributed by atoms with Crippen LogP contribution in [0, 0.1) is 5.92 Å². The summed E-state index contributed by atoms with van der Waals surface area (Å²) >= 11 is 0. The van der Waals surface area contributed by atoms with Gasteiger partial charge in [-0.05, 0) is 5.92 Å². The van der Waals surface area contributed by atoms with Gasteiger partial charge < -0.3 is 14.7 Å². The van der Waals surface area contributed by atoms with Crippen molar-refractivity contribution in [2.45, 2.75) is 6.92 Å². The highest BCUT2D eigenvalue weighted by molar-refractivity contribution is 7.60. The second-order valence-electron chi connectivity index (χ2n) is 2.55. The van der Waals surface area contributed by atoms with Crippen LogP contribution < -0.4 is 0 Å². The average molecular weight is 246 g/mol. The van der Waals surface area contributed by atoms with E-state index in [1.54, 1.807) is 6.92 Å². The van der Waals surface area contributed by atoms with Crippen molar-refractivity contribution < 1.29 is 32.6 Å². The molecule has 2 unspecified atom stereocenters. The molecule has 0 aromatic carbocycles. The third-order valence-electron chi connectivity index (χ3n) is 1.11. The van der Waals surface area contributed by atoms with Crippen molar-refractivity contribution in [3.63, 3.8) is 0 Å². The molecule has 84 valence electrons. The number of rotatable bonds is 6. The molecule has 0 radical (unpaired) electrons. The summed E-state index contributed by atoms with van der Waals surface area (Å²) in [6.07, 6.45) is 1.46. The van der Waals surface area contributed by atoms with E-state index < -0.39 is 15.6 Å². The van der Waals surface area contributed by atoms with Gasteiger partial charge in [-0.15, -0.1) is 6.58 Å². The molecular weight excluding hydrogens is 234 g/mol. The maximum Gasteiger partial charge on any atom is 0.481 e. The summed E-state index contributed by atoms with van der Waals surface area (Å²) in [6.45, 7) is 4.82. The Kier molecular flexibility index (Phi) is 5.19. The molecule has 0 bridgehead atoms. The molecule has 0 heterocycles. The minimum atomic E-state index is -5.02. The molecule has 0 aliphatic heterocycles. The first-order chi connectivity index (χ1) is 6.16. The highest BCUT2D eigenvalue weighted by Gasteiger charge is 2.32. The minimum Gasteiger partial charge on any atom is -0.302 e. The Morgan fingerprint density at radius 2 is 1.93 bits per heavy atom. The molecule has 0 aromatic heterocycles. The Morgan fingerprint density at radius 3 is 2.29 bits per heavy atom. The van der Waals surface area contributed by atoms with Gasteiger partial charge in [0.05, 0.1) is 6.61 Å². The first-order valence-electron chi connectivity index (χ1n) is 3.53. The molecule has 0 aliphatic carbocycles. The zero-order valence-corrected chi connectivity index (χ0v) is 9.23. The summed E-state index contributed by atoms with van der Waals surface area (Å²) < 4.78 is 28.9. The topological polar surface area (TPSA) is 113 Å². The van der Waals surface area contributed by atoms with Gasteiger partial charge in [-0.1, -0.05) is 13.0 Å². The molecule has 0 aromatic rings. The lowest BCUT2D eigenvalue weighted by Crippen LogP contribution is -2.02. The van der Waals surface area contributed by atoms with E-state index in [1.165, 1.54) is 6.08 Å². The third kappa shape index (κ3) is 7.41. The Balaban J connectivity index is 4.15. The monoisotopic (exact) mass is 246 g/mol. The van der Waals surface area contributed by atoms with E-state index in [1.807, 2.05) is 0 Å². The first kappa shape index (κ1) is 14.0. The lowest BCUT2D eigenvalue weighted by atomic mass is 10.2. The van der Waals surface area contributed by atoms with Crippen molar-refractivity contribution in [2.24, 2.45) is 5.92 Å². The summed E-state index contributed by atoms with van der Waals surface area (Å²) in [7, 11) is -9.71. The summed E-state index contributed by atoms with van der Waals surface area (Å²) in [5.41, 5.74) is 0. The molecule has 0 saturated carbocycles. The van der Waals surface area contributed by atoms with Crippen molar-refractivity contribution in [2.75, 3.05) is 6.61 Å². The van der Waals surface area contributed by atoms with Crippen molar-refractivity contribution in [1.82, 2.24) is 0 Å². The van der Waals surface area contributed by atoms with E-state index in [-0.39, 0.29) is 12.5 Å². The Hall–Kier alpha value is -0.0000000000000000416. The normalized spacial score (nSPS) is 18.6. The largest absolute Gasteiger partial charge is 0.481 e. The summed E-state index contributed by atoms with van der Waals surface area (Å²) in [4.78, 5) is 25.2. The predicted octanol–water partition coefficient (Wildman–Crippen LogP) is 1.03. The molecular formula is C5H12O7P2. The van der Waals surface area contributed by atoms with E-state index in [4.69, 9.17) is 14.7 Å². The van der Waals surface area contributed by atoms with E-state index >= 15 is 0 Å². The second kappa shape index (κ2) is 5.19. The predicted molar refractivity (Wildman–Crippen MR) is 48.3 cm³/mol. The van der Waals surface area contributed by atoms with Crippen LogP contribution >= 0.6 is 15.6 Å².